The van der Waals surface area contributed by atoms with Crippen molar-refractivity contribution >= 4 is 23.9 Å². The number of alkyl carbamates (subject to hydrolysis) is 1. The quantitative estimate of drug-likeness (QED) is 0.0751. The smallest absolute Gasteiger partial charge is 0.407 e. The number of guanidine groups is 1. The van der Waals surface area contributed by atoms with Crippen LogP contribution in [0.5, 0.6) is 5.75 Å². The van der Waals surface area contributed by atoms with Gasteiger partial charge < -0.3 is 34.6 Å². The third kappa shape index (κ3) is 7.96. The number of aromatic nitrogens is 4. The molecule has 3 aromatic carbocycles. The van der Waals surface area contributed by atoms with Gasteiger partial charge in [-0.15, -0.1) is 0 Å². The van der Waals surface area contributed by atoms with Gasteiger partial charge in [0, 0.05) is 29.9 Å². The van der Waals surface area contributed by atoms with Gasteiger partial charge in [-0.25, -0.2) is 14.8 Å². The molecule has 0 radical (unpaired) electrons. The van der Waals surface area contributed by atoms with E-state index >= 15 is 0 Å². The number of carbonyl (C=O) groups is 3. The number of amides is 3. The molecule has 3 amide bonds. The maximum Gasteiger partial charge on any atom is 0.407 e. The predicted octanol–water partition coefficient (Wildman–Crippen LogP) is 6.35. The van der Waals surface area contributed by atoms with Crippen molar-refractivity contribution in [1.29, 1.82) is 0 Å². The zero-order chi connectivity index (χ0) is 44.8. The standard InChI is InChI=1S/C49H58N10O5/c1-28(2)41(55-49(62)63-7)46(60)58-21-11-15-38(58)44-50-26-37(52-44)31-17-19-33-32(23-31)27-64-40-25-34-30(24-35(33)40)18-20-36-43(34)53-45(51-36)39-16-12-22-59(39)47(61)42(29-13-9-8-10-14-29)54-48(56(3)4)57(5)6/h8-10,13-14,17,19,23-26,28,38-39,41-42H,11-12,15-16,18,20-22,27H2,1-7H3,(H3,50,51,52,53,55,62)/p+1/t38-,39-,41-,42+/m0/s1. The molecular formula is C49H59N10O5+. The van der Waals surface area contributed by atoms with Crippen LogP contribution in [0.3, 0.4) is 0 Å². The van der Waals surface area contributed by atoms with Gasteiger partial charge in [-0.2, -0.15) is 0 Å². The van der Waals surface area contributed by atoms with Crippen molar-refractivity contribution in [2.24, 2.45) is 5.92 Å². The van der Waals surface area contributed by atoms with E-state index in [1.54, 1.807) is 0 Å². The summed E-state index contributed by atoms with van der Waals surface area (Å²) in [5.41, 5.74) is 10.4. The molecule has 0 unspecified atom stereocenters. The van der Waals surface area contributed by atoms with Crippen LogP contribution in [-0.4, -0.2) is 118 Å². The van der Waals surface area contributed by atoms with E-state index in [2.05, 4.69) is 50.9 Å². The Balaban J connectivity index is 0.941. The highest BCUT2D eigenvalue weighted by molar-refractivity contribution is 5.89. The van der Waals surface area contributed by atoms with Gasteiger partial charge in [0.15, 0.2) is 6.04 Å². The van der Waals surface area contributed by atoms with E-state index in [1.807, 2.05) is 97.8 Å². The first kappa shape index (κ1) is 42.7. The number of H-pyrrole nitrogens is 2. The fraction of sp³-hybridized carbons (Fsp3) is 0.429. The average molecular weight is 868 g/mol. The Bertz CT molecular complexity index is 2610. The van der Waals surface area contributed by atoms with Crippen LogP contribution in [0.1, 0.15) is 91.7 Å². The molecule has 2 aromatic heterocycles. The molecule has 334 valence electrons. The second-order valence-electron chi connectivity index (χ2n) is 18.1. The van der Waals surface area contributed by atoms with Crippen molar-refractivity contribution in [1.82, 2.24) is 45.3 Å². The van der Waals surface area contributed by atoms with Gasteiger partial charge in [-0.05, 0) is 90.5 Å². The van der Waals surface area contributed by atoms with Gasteiger partial charge in [0.25, 0.3) is 5.91 Å². The van der Waals surface area contributed by atoms with Crippen LogP contribution >= 0.6 is 0 Å². The summed E-state index contributed by atoms with van der Waals surface area (Å²) in [5, 5.41) is 6.28. The van der Waals surface area contributed by atoms with E-state index in [0.29, 0.717) is 19.7 Å². The first-order chi connectivity index (χ1) is 30.9. The van der Waals surface area contributed by atoms with Gasteiger partial charge in [-0.1, -0.05) is 56.3 Å². The summed E-state index contributed by atoms with van der Waals surface area (Å²) in [6.45, 7) is 5.50. The van der Waals surface area contributed by atoms with E-state index in [9.17, 15) is 14.4 Å². The van der Waals surface area contributed by atoms with Gasteiger partial charge in [-0.3, -0.25) is 24.4 Å². The maximum absolute atomic E-state index is 14.6. The number of carbonyl (C=O) groups excluding carboxylic acids is 3. The maximum atomic E-state index is 14.6. The lowest BCUT2D eigenvalue weighted by Crippen LogP contribution is -2.51. The minimum absolute atomic E-state index is 0.0283. The fourth-order valence-corrected chi connectivity index (χ4v) is 9.98. The molecule has 0 bridgehead atoms. The Morgan fingerprint density at radius 3 is 2.30 bits per heavy atom. The van der Waals surface area contributed by atoms with Crippen molar-refractivity contribution in [3.8, 4) is 39.4 Å². The molecular weight excluding hydrogens is 809 g/mol. The molecule has 2 saturated heterocycles. The Morgan fingerprint density at radius 1 is 0.859 bits per heavy atom. The third-order valence-electron chi connectivity index (χ3n) is 13.2. The van der Waals surface area contributed by atoms with Gasteiger partial charge in [0.1, 0.15) is 30.0 Å². The van der Waals surface area contributed by atoms with E-state index in [1.165, 1.54) is 12.7 Å². The van der Waals surface area contributed by atoms with Crippen molar-refractivity contribution < 1.29 is 28.4 Å². The zero-order valence-electron chi connectivity index (χ0n) is 37.8. The molecule has 1 aliphatic carbocycles. The second-order valence-corrected chi connectivity index (χ2v) is 18.1. The molecule has 64 heavy (non-hydrogen) atoms. The predicted molar refractivity (Wildman–Crippen MR) is 243 cm³/mol. The lowest BCUT2D eigenvalue weighted by Gasteiger charge is -2.30. The molecule has 0 spiro atoms. The van der Waals surface area contributed by atoms with Crippen LogP contribution in [0, 0.1) is 5.92 Å². The van der Waals surface area contributed by atoms with Crippen LogP contribution in [-0.2, 0) is 33.8 Å². The summed E-state index contributed by atoms with van der Waals surface area (Å²) < 4.78 is 13.3. The molecule has 5 aromatic rings. The van der Waals surface area contributed by atoms with Crippen LogP contribution in [0.4, 0.5) is 4.79 Å². The summed E-state index contributed by atoms with van der Waals surface area (Å²) in [7, 11) is 9.20. The molecule has 4 aliphatic rings. The minimum Gasteiger partial charge on any atom is -0.488 e. The topological polar surface area (TPSA) is 164 Å². The Hall–Kier alpha value is -6.64. The molecule has 3 aliphatic heterocycles. The Kier molecular flexibility index (Phi) is 11.7. The van der Waals surface area contributed by atoms with E-state index in [0.717, 1.165) is 112 Å². The summed E-state index contributed by atoms with van der Waals surface area (Å²) in [6, 6.07) is 19.2. The third-order valence-corrected chi connectivity index (χ3v) is 13.2. The number of aromatic amines is 2. The number of ether oxygens (including phenoxy) is 2. The summed E-state index contributed by atoms with van der Waals surface area (Å²) in [5.74, 6) is 3.02. The molecule has 15 nitrogen and oxygen atoms in total. The molecule has 4 atom stereocenters. The normalized spacial score (nSPS) is 18.2. The molecule has 2 fully saturated rings. The van der Waals surface area contributed by atoms with Gasteiger partial charge in [0.05, 0.1) is 65.0 Å². The van der Waals surface area contributed by atoms with E-state index in [-0.39, 0.29) is 29.8 Å². The minimum atomic E-state index is -0.693. The molecule has 15 heteroatoms. The largest absolute Gasteiger partial charge is 0.488 e. The first-order valence-corrected chi connectivity index (χ1v) is 22.5. The van der Waals surface area contributed by atoms with E-state index < -0.39 is 18.2 Å². The molecule has 9 rings (SSSR count). The highest BCUT2D eigenvalue weighted by Crippen LogP contribution is 2.46. The number of benzene rings is 3. The molecule has 5 heterocycles. The summed E-state index contributed by atoms with van der Waals surface area (Å²) in [6.07, 6.45) is 6.26. The number of rotatable bonds is 9. The SMILES string of the molecule is COC(=O)N[C@H](C(=O)N1CCC[C@H]1c1ncc(-c2ccc3c(c2)COc2cc4c(cc2-3)CCc2[nH]c([C@@H]3CCCN3C(=O)[C@H](NC(N(C)C)=[N+](C)C)c3ccccc3)nc2-4)[nH]1)C(C)C. The lowest BCUT2D eigenvalue weighted by molar-refractivity contribution is -0.472. The van der Waals surface area contributed by atoms with Crippen molar-refractivity contribution in [2.75, 3.05) is 48.4 Å². The number of imidazole rings is 2. The van der Waals surface area contributed by atoms with E-state index in [4.69, 9.17) is 19.4 Å². The van der Waals surface area contributed by atoms with Crippen LogP contribution in [0.15, 0.2) is 66.9 Å². The summed E-state index contributed by atoms with van der Waals surface area (Å²) in [4.78, 5) is 63.4. The first-order valence-electron chi connectivity index (χ1n) is 22.5. The highest BCUT2D eigenvalue weighted by atomic mass is 16.5. The number of likely N-dealkylation sites (tertiary alicyclic amines) is 2. The zero-order valence-corrected chi connectivity index (χ0v) is 37.8. The van der Waals surface area contributed by atoms with Crippen molar-refractivity contribution in [3.63, 3.8) is 0 Å². The highest BCUT2D eigenvalue weighted by Gasteiger charge is 2.40. The number of methoxy groups -OCH3 is 1. The molecule has 0 saturated carbocycles. The molecule has 4 N–H and O–H groups in total. The number of fused-ring (bicyclic) bond motifs is 6. The average Bonchev–Trinajstić information content (AvgIpc) is 4.14. The monoisotopic (exact) mass is 867 g/mol. The lowest BCUT2D eigenvalue weighted by atomic mass is 9.86. The number of nitrogens with zero attached hydrogens (tertiary/aromatic N) is 6. The summed E-state index contributed by atoms with van der Waals surface area (Å²) >= 11 is 0. The van der Waals surface area contributed by atoms with Crippen molar-refractivity contribution in [3.05, 3.63) is 101 Å². The Morgan fingerprint density at radius 2 is 1.59 bits per heavy atom. The number of nitrogens with one attached hydrogen (secondary N) is 4. The number of hydrogen-bond donors (Lipinski definition) is 4. The van der Waals surface area contributed by atoms with Crippen LogP contribution < -0.4 is 15.4 Å². The van der Waals surface area contributed by atoms with Crippen LogP contribution in [0.25, 0.3) is 33.6 Å². The Labute approximate surface area is 374 Å². The van der Waals surface area contributed by atoms with Gasteiger partial charge >= 0.3 is 12.1 Å². The number of aryl methyl sites for hydroxylation is 2. The van der Waals surface area contributed by atoms with Crippen molar-refractivity contribution in [2.45, 2.75) is 83.1 Å². The number of hydrogen-bond acceptors (Lipinski definition) is 7. The fourth-order valence-electron chi connectivity index (χ4n) is 9.98. The van der Waals surface area contributed by atoms with Crippen LogP contribution in [0.2, 0.25) is 0 Å². The van der Waals surface area contributed by atoms with Gasteiger partial charge in [0.2, 0.25) is 5.91 Å². The second kappa shape index (κ2) is 17.5.